The largest absolute Gasteiger partial charge is 0.506 e. The number of hydrazone groups is 1. The second kappa shape index (κ2) is 13.6. The number of hydrogen-bond donors (Lipinski definition) is 2. The molecule has 0 heterocycles. The van der Waals surface area contributed by atoms with Gasteiger partial charge >= 0.3 is 0 Å². The Labute approximate surface area is 239 Å². The van der Waals surface area contributed by atoms with Crippen LogP contribution in [0.4, 0.5) is 0 Å². The summed E-state index contributed by atoms with van der Waals surface area (Å²) in [7, 11) is 0. The Bertz CT molecular complexity index is 1510. The number of hydrogen-bond acceptors (Lipinski definition) is 5. The molecule has 7 nitrogen and oxygen atoms in total. The van der Waals surface area contributed by atoms with Crippen molar-refractivity contribution in [3.8, 4) is 11.5 Å². The van der Waals surface area contributed by atoms with Gasteiger partial charge in [0.25, 0.3) is 11.8 Å². The van der Waals surface area contributed by atoms with Crippen LogP contribution in [0.3, 0.4) is 0 Å². The molecule has 0 saturated carbocycles. The SMILES string of the molecule is CC(C)CN(CCc1ccccc1)C(=O)COc1ccc(/C=N\NC(=O)c2ccc(O)c(Cl)c2)c2ccccc12. The van der Waals surface area contributed by atoms with Crippen molar-refractivity contribution in [1.29, 1.82) is 0 Å². The highest BCUT2D eigenvalue weighted by Gasteiger charge is 2.17. The van der Waals surface area contributed by atoms with E-state index < -0.39 is 5.91 Å². The molecular weight excluding hydrogens is 526 g/mol. The second-order valence-electron chi connectivity index (χ2n) is 9.82. The second-order valence-corrected chi connectivity index (χ2v) is 10.2. The maximum atomic E-state index is 13.2. The van der Waals surface area contributed by atoms with Crippen molar-refractivity contribution >= 4 is 40.4 Å². The maximum absolute atomic E-state index is 13.2. The molecule has 0 saturated heterocycles. The van der Waals surface area contributed by atoms with Gasteiger partial charge < -0.3 is 14.7 Å². The van der Waals surface area contributed by atoms with E-state index in [-0.39, 0.29) is 28.8 Å². The van der Waals surface area contributed by atoms with Gasteiger partial charge in [-0.15, -0.1) is 0 Å². The summed E-state index contributed by atoms with van der Waals surface area (Å²) < 4.78 is 6.03. The van der Waals surface area contributed by atoms with E-state index in [1.807, 2.05) is 53.4 Å². The topological polar surface area (TPSA) is 91.2 Å². The highest BCUT2D eigenvalue weighted by atomic mass is 35.5. The molecule has 4 aromatic rings. The third-order valence-corrected chi connectivity index (χ3v) is 6.60. The molecule has 0 aliphatic carbocycles. The molecule has 0 aliphatic rings. The summed E-state index contributed by atoms with van der Waals surface area (Å²) in [5.41, 5.74) is 4.70. The van der Waals surface area contributed by atoms with Gasteiger partial charge in [0.1, 0.15) is 11.5 Å². The van der Waals surface area contributed by atoms with Gasteiger partial charge in [-0.3, -0.25) is 9.59 Å². The molecule has 0 aromatic heterocycles. The van der Waals surface area contributed by atoms with Gasteiger partial charge in [-0.2, -0.15) is 5.10 Å². The summed E-state index contributed by atoms with van der Waals surface area (Å²) in [5.74, 6) is 0.314. The number of nitrogens with one attached hydrogen (secondary N) is 1. The predicted octanol–water partition coefficient (Wildman–Crippen LogP) is 6.07. The van der Waals surface area contributed by atoms with Crippen molar-refractivity contribution in [1.82, 2.24) is 10.3 Å². The van der Waals surface area contributed by atoms with Gasteiger partial charge in [0.05, 0.1) is 11.2 Å². The molecule has 0 aliphatic heterocycles. The van der Waals surface area contributed by atoms with Crippen LogP contribution >= 0.6 is 11.6 Å². The number of amides is 2. The molecule has 0 radical (unpaired) electrons. The van der Waals surface area contributed by atoms with E-state index >= 15 is 0 Å². The molecule has 0 bridgehead atoms. The minimum atomic E-state index is -0.459. The number of aromatic hydroxyl groups is 1. The number of ether oxygens (including phenoxy) is 1. The molecule has 8 heteroatoms. The van der Waals surface area contributed by atoms with Crippen LogP contribution in [0.2, 0.25) is 5.02 Å². The zero-order chi connectivity index (χ0) is 28.5. The Morgan fingerprint density at radius 2 is 1.73 bits per heavy atom. The van der Waals surface area contributed by atoms with E-state index in [2.05, 4.69) is 36.5 Å². The molecular formula is C32H32ClN3O4. The van der Waals surface area contributed by atoms with Gasteiger partial charge in [0, 0.05) is 29.6 Å². The molecule has 0 fully saturated rings. The fraction of sp³-hybridized carbons (Fsp3) is 0.219. The van der Waals surface area contributed by atoms with Gasteiger partial charge in [0.2, 0.25) is 0 Å². The standard InChI is InChI=1S/C32H32ClN3O4/c1-22(2)20-36(17-16-23-8-4-3-5-9-23)31(38)21-40-30-15-13-25(26-10-6-7-11-27(26)30)19-34-35-32(39)24-12-14-29(37)28(33)18-24/h3-15,18-19,22,37H,16-17,20-21H2,1-2H3,(H,35,39)/b34-19-. The first-order valence-corrected chi connectivity index (χ1v) is 13.5. The first kappa shape index (κ1) is 28.6. The highest BCUT2D eigenvalue weighted by molar-refractivity contribution is 6.32. The average molecular weight is 558 g/mol. The van der Waals surface area contributed by atoms with Crippen LogP contribution in [0.5, 0.6) is 11.5 Å². The molecule has 2 amide bonds. The minimum Gasteiger partial charge on any atom is -0.506 e. The fourth-order valence-corrected chi connectivity index (χ4v) is 4.48. The van der Waals surface area contributed by atoms with E-state index in [0.29, 0.717) is 24.8 Å². The van der Waals surface area contributed by atoms with Crippen molar-refractivity contribution in [2.75, 3.05) is 19.7 Å². The lowest BCUT2D eigenvalue weighted by Gasteiger charge is -2.25. The number of carbonyl (C=O) groups excluding carboxylic acids is 2. The third-order valence-electron chi connectivity index (χ3n) is 6.30. The van der Waals surface area contributed by atoms with Crippen LogP contribution in [-0.2, 0) is 11.2 Å². The van der Waals surface area contributed by atoms with E-state index in [9.17, 15) is 14.7 Å². The lowest BCUT2D eigenvalue weighted by molar-refractivity contribution is -0.133. The Morgan fingerprint density at radius 3 is 2.45 bits per heavy atom. The van der Waals surface area contributed by atoms with E-state index in [4.69, 9.17) is 16.3 Å². The third kappa shape index (κ3) is 7.61. The Kier molecular flexibility index (Phi) is 9.76. The van der Waals surface area contributed by atoms with Crippen LogP contribution in [0.25, 0.3) is 10.8 Å². The van der Waals surface area contributed by atoms with Crippen molar-refractivity contribution < 1.29 is 19.4 Å². The normalized spacial score (nSPS) is 11.2. The summed E-state index contributed by atoms with van der Waals surface area (Å²) in [6.45, 7) is 5.42. The van der Waals surface area contributed by atoms with Crippen LogP contribution < -0.4 is 10.2 Å². The van der Waals surface area contributed by atoms with Crippen molar-refractivity contribution in [3.05, 3.63) is 107 Å². The maximum Gasteiger partial charge on any atom is 0.271 e. The first-order valence-electron chi connectivity index (χ1n) is 13.1. The zero-order valence-corrected chi connectivity index (χ0v) is 23.3. The van der Waals surface area contributed by atoms with Gasteiger partial charge in [0.15, 0.2) is 6.61 Å². The number of fused-ring (bicyclic) bond motifs is 1. The number of benzene rings is 4. The number of halogens is 1. The molecule has 4 rings (SSSR count). The average Bonchev–Trinajstić information content (AvgIpc) is 2.96. The molecule has 206 valence electrons. The Morgan fingerprint density at radius 1 is 1.00 bits per heavy atom. The lowest BCUT2D eigenvalue weighted by atomic mass is 10.0. The lowest BCUT2D eigenvalue weighted by Crippen LogP contribution is -2.39. The van der Waals surface area contributed by atoms with E-state index in [1.54, 1.807) is 12.3 Å². The highest BCUT2D eigenvalue weighted by Crippen LogP contribution is 2.28. The minimum absolute atomic E-state index is 0.0589. The van der Waals surface area contributed by atoms with Crippen LogP contribution in [0.15, 0.2) is 90.0 Å². The fourth-order valence-electron chi connectivity index (χ4n) is 4.30. The summed E-state index contributed by atoms with van der Waals surface area (Å²) >= 11 is 5.89. The van der Waals surface area contributed by atoms with Crippen molar-refractivity contribution in [2.45, 2.75) is 20.3 Å². The Hall–Kier alpha value is -4.36. The molecule has 2 N–H and O–H groups in total. The van der Waals surface area contributed by atoms with E-state index in [0.717, 1.165) is 22.8 Å². The molecule has 0 unspecified atom stereocenters. The number of phenolic OH excluding ortho intramolecular Hbond substituents is 1. The smallest absolute Gasteiger partial charge is 0.271 e. The van der Waals surface area contributed by atoms with Crippen LogP contribution in [0, 0.1) is 5.92 Å². The summed E-state index contributed by atoms with van der Waals surface area (Å²) in [6, 6.07) is 25.6. The van der Waals surface area contributed by atoms with Crippen LogP contribution in [0.1, 0.15) is 35.3 Å². The van der Waals surface area contributed by atoms with Gasteiger partial charge in [-0.25, -0.2) is 5.43 Å². The van der Waals surface area contributed by atoms with Crippen molar-refractivity contribution in [2.24, 2.45) is 11.0 Å². The molecule has 4 aromatic carbocycles. The predicted molar refractivity (Wildman–Crippen MR) is 159 cm³/mol. The molecule has 0 spiro atoms. The quantitative estimate of drug-likeness (QED) is 0.173. The summed E-state index contributed by atoms with van der Waals surface area (Å²) in [5, 5.41) is 15.4. The first-order chi connectivity index (χ1) is 19.3. The number of nitrogens with zero attached hydrogens (tertiary/aromatic N) is 2. The van der Waals surface area contributed by atoms with Gasteiger partial charge in [-0.05, 0) is 53.6 Å². The number of phenols is 1. The van der Waals surface area contributed by atoms with Crippen LogP contribution in [-0.4, -0.2) is 47.7 Å². The summed E-state index contributed by atoms with van der Waals surface area (Å²) in [6.07, 6.45) is 2.33. The summed E-state index contributed by atoms with van der Waals surface area (Å²) in [4.78, 5) is 27.4. The van der Waals surface area contributed by atoms with E-state index in [1.165, 1.54) is 23.8 Å². The van der Waals surface area contributed by atoms with Crippen molar-refractivity contribution in [3.63, 3.8) is 0 Å². The molecule has 40 heavy (non-hydrogen) atoms. The van der Waals surface area contributed by atoms with Gasteiger partial charge in [-0.1, -0.05) is 80.0 Å². The Balaban J connectivity index is 1.43. The number of carbonyl (C=O) groups is 2. The number of rotatable bonds is 11. The monoisotopic (exact) mass is 557 g/mol. The molecule has 0 atom stereocenters. The zero-order valence-electron chi connectivity index (χ0n) is 22.5.